The number of methoxy groups -OCH3 is 1. The van der Waals surface area contributed by atoms with E-state index >= 15 is 0 Å². The van der Waals surface area contributed by atoms with E-state index in [1.807, 2.05) is 6.92 Å². The zero-order chi connectivity index (χ0) is 19.6. The van der Waals surface area contributed by atoms with E-state index in [1.54, 1.807) is 0 Å². The van der Waals surface area contributed by atoms with Crippen LogP contribution in [0.5, 0.6) is 0 Å². The van der Waals surface area contributed by atoms with Gasteiger partial charge < -0.3 is 9.84 Å². The van der Waals surface area contributed by atoms with Crippen molar-refractivity contribution in [2.45, 2.75) is 78.2 Å². The van der Waals surface area contributed by atoms with E-state index < -0.39 is 0 Å². The minimum Gasteiger partial charge on any atom is -0.469 e. The first-order chi connectivity index (χ1) is 12.7. The summed E-state index contributed by atoms with van der Waals surface area (Å²) in [6.45, 7) is 6.60. The zero-order valence-corrected chi connectivity index (χ0v) is 17.4. The van der Waals surface area contributed by atoms with Gasteiger partial charge in [0, 0.05) is 12.3 Å². The van der Waals surface area contributed by atoms with Crippen LogP contribution in [0.15, 0.2) is 0 Å². The summed E-state index contributed by atoms with van der Waals surface area (Å²) in [5.41, 5.74) is -0.00412. The number of ketones is 1. The van der Waals surface area contributed by atoms with Crippen LogP contribution < -0.4 is 0 Å². The molecule has 0 aromatic heterocycles. The largest absolute Gasteiger partial charge is 0.469 e. The summed E-state index contributed by atoms with van der Waals surface area (Å²) < 4.78 is 5.03. The van der Waals surface area contributed by atoms with Crippen LogP contribution in [0.4, 0.5) is 0 Å². The smallest absolute Gasteiger partial charge is 0.308 e. The molecule has 0 amide bonds. The van der Waals surface area contributed by atoms with Crippen molar-refractivity contribution in [1.29, 1.82) is 0 Å². The topological polar surface area (TPSA) is 63.6 Å². The number of hydrogen-bond acceptors (Lipinski definition) is 4. The van der Waals surface area contributed by atoms with Gasteiger partial charge in [-0.15, -0.1) is 0 Å². The predicted octanol–water partition coefficient (Wildman–Crippen LogP) is 3.99. The molecule has 4 aliphatic carbocycles. The van der Waals surface area contributed by atoms with Gasteiger partial charge in [-0.2, -0.15) is 0 Å². The Balaban J connectivity index is 1.63. The third-order valence-electron chi connectivity index (χ3n) is 9.57. The minimum atomic E-state index is -0.180. The lowest BCUT2D eigenvalue weighted by Crippen LogP contribution is -2.58. The van der Waals surface area contributed by atoms with Gasteiger partial charge in [-0.3, -0.25) is 9.59 Å². The average Bonchev–Trinajstić information content (AvgIpc) is 2.97. The SMILES string of the molecule is COC(=O)[C@@H](C)[C@H]1CC[C@H]2[C@@H]3CC[C@@H]4C[C@H](O)CC[C@]4(C)[C@H]3C(=O)C[C@]12C. The van der Waals surface area contributed by atoms with Crippen molar-refractivity contribution in [2.24, 2.45) is 46.3 Å². The van der Waals surface area contributed by atoms with Crippen molar-refractivity contribution < 1.29 is 19.4 Å². The Morgan fingerprint density at radius 2 is 1.89 bits per heavy atom. The zero-order valence-electron chi connectivity index (χ0n) is 17.4. The molecular weight excluding hydrogens is 340 g/mol. The summed E-state index contributed by atoms with van der Waals surface area (Å²) in [4.78, 5) is 25.8. The molecule has 0 unspecified atom stereocenters. The summed E-state index contributed by atoms with van der Waals surface area (Å²) in [5, 5.41) is 10.2. The second-order valence-corrected chi connectivity index (χ2v) is 10.6. The van der Waals surface area contributed by atoms with Gasteiger partial charge in [0.15, 0.2) is 0 Å². The van der Waals surface area contributed by atoms with Gasteiger partial charge in [0.1, 0.15) is 5.78 Å². The minimum absolute atomic E-state index is 0.0621. The fourth-order valence-electron chi connectivity index (χ4n) is 8.26. The van der Waals surface area contributed by atoms with E-state index in [9.17, 15) is 14.7 Å². The molecule has 4 heteroatoms. The van der Waals surface area contributed by atoms with E-state index in [-0.39, 0.29) is 40.7 Å². The molecule has 0 spiro atoms. The summed E-state index contributed by atoms with van der Waals surface area (Å²) >= 11 is 0. The summed E-state index contributed by atoms with van der Waals surface area (Å²) in [6, 6.07) is 0. The number of hydrogen-bond donors (Lipinski definition) is 1. The maximum atomic E-state index is 13.5. The molecular formula is C23H36O4. The van der Waals surface area contributed by atoms with Crippen LogP contribution in [0.2, 0.25) is 0 Å². The second-order valence-electron chi connectivity index (χ2n) is 10.6. The third kappa shape index (κ3) is 2.73. The number of ether oxygens (including phenoxy) is 1. The Morgan fingerprint density at radius 3 is 2.59 bits per heavy atom. The van der Waals surface area contributed by atoms with Crippen molar-refractivity contribution in [3.63, 3.8) is 0 Å². The highest BCUT2D eigenvalue weighted by molar-refractivity contribution is 5.84. The standard InChI is InChI=1S/C23H36O4/c1-13(21(26)27-4)17-7-8-18-16-6-5-14-11-15(24)9-10-22(14,2)20(16)19(25)12-23(17,18)3/h13-18,20,24H,5-12H2,1-4H3/t13-,14+,15+,16-,17+,18-,20+,22-,23+/m0/s1. The highest BCUT2D eigenvalue weighted by atomic mass is 16.5. The molecule has 4 fully saturated rings. The van der Waals surface area contributed by atoms with Crippen LogP contribution in [0.1, 0.15) is 72.1 Å². The molecule has 9 atom stereocenters. The quantitative estimate of drug-likeness (QED) is 0.740. The van der Waals surface area contributed by atoms with Crippen LogP contribution in [-0.2, 0) is 14.3 Å². The number of fused-ring (bicyclic) bond motifs is 5. The van der Waals surface area contributed by atoms with Crippen molar-refractivity contribution in [3.05, 3.63) is 0 Å². The normalized spacial score (nSPS) is 50.3. The number of carbonyl (C=O) groups excluding carboxylic acids is 2. The first-order valence-corrected chi connectivity index (χ1v) is 11.0. The molecule has 0 saturated heterocycles. The Morgan fingerprint density at radius 1 is 1.15 bits per heavy atom. The van der Waals surface area contributed by atoms with Gasteiger partial charge in [0.05, 0.1) is 19.1 Å². The number of Topliss-reactive ketones (excluding diaryl/α,β-unsaturated/α-hetero) is 1. The summed E-state index contributed by atoms with van der Waals surface area (Å²) in [5.74, 6) is 2.07. The molecule has 0 aromatic rings. The number of aliphatic hydroxyl groups is 1. The van der Waals surface area contributed by atoms with E-state index in [1.165, 1.54) is 7.11 Å². The third-order valence-corrected chi connectivity index (χ3v) is 9.57. The van der Waals surface area contributed by atoms with Crippen LogP contribution in [0.3, 0.4) is 0 Å². The van der Waals surface area contributed by atoms with Crippen LogP contribution in [0.25, 0.3) is 0 Å². The number of aliphatic hydroxyl groups excluding tert-OH is 1. The Bertz CT molecular complexity index is 630. The molecule has 0 bridgehead atoms. The molecule has 0 heterocycles. The summed E-state index contributed by atoms with van der Waals surface area (Å²) in [7, 11) is 1.47. The lowest BCUT2D eigenvalue weighted by atomic mass is 9.44. The first-order valence-electron chi connectivity index (χ1n) is 11.0. The molecule has 4 rings (SSSR count). The van der Waals surface area contributed by atoms with E-state index in [4.69, 9.17) is 4.74 Å². The van der Waals surface area contributed by atoms with Gasteiger partial charge in [-0.1, -0.05) is 20.8 Å². The molecule has 152 valence electrons. The average molecular weight is 377 g/mol. The molecule has 4 nitrogen and oxygen atoms in total. The van der Waals surface area contributed by atoms with Gasteiger partial charge in [-0.25, -0.2) is 0 Å². The van der Waals surface area contributed by atoms with Crippen LogP contribution in [0, 0.1) is 46.3 Å². The predicted molar refractivity (Wildman–Crippen MR) is 103 cm³/mol. The number of carbonyl (C=O) groups is 2. The molecule has 0 aromatic carbocycles. The van der Waals surface area contributed by atoms with Crippen molar-refractivity contribution in [3.8, 4) is 0 Å². The molecule has 0 radical (unpaired) electrons. The lowest BCUT2D eigenvalue weighted by molar-refractivity contribution is -0.165. The molecule has 4 saturated carbocycles. The Kier molecular flexibility index (Phi) is 4.73. The Labute approximate surface area is 163 Å². The van der Waals surface area contributed by atoms with E-state index in [0.717, 1.165) is 44.9 Å². The highest BCUT2D eigenvalue weighted by Crippen LogP contribution is 2.67. The Hall–Kier alpha value is -0.900. The molecule has 0 aliphatic heterocycles. The lowest BCUT2D eigenvalue weighted by Gasteiger charge is -2.60. The molecule has 1 N–H and O–H groups in total. The first kappa shape index (κ1) is 19.4. The highest BCUT2D eigenvalue weighted by Gasteiger charge is 2.64. The van der Waals surface area contributed by atoms with E-state index in [2.05, 4.69) is 13.8 Å². The van der Waals surface area contributed by atoms with Gasteiger partial charge in [0.25, 0.3) is 0 Å². The van der Waals surface area contributed by atoms with E-state index in [0.29, 0.717) is 30.0 Å². The van der Waals surface area contributed by atoms with Crippen molar-refractivity contribution >= 4 is 11.8 Å². The number of esters is 1. The van der Waals surface area contributed by atoms with Gasteiger partial charge in [0.2, 0.25) is 0 Å². The van der Waals surface area contributed by atoms with Crippen LogP contribution >= 0.6 is 0 Å². The van der Waals surface area contributed by atoms with Gasteiger partial charge in [-0.05, 0) is 79.4 Å². The fourth-order valence-corrected chi connectivity index (χ4v) is 8.26. The maximum absolute atomic E-state index is 13.5. The molecule has 4 aliphatic rings. The van der Waals surface area contributed by atoms with Gasteiger partial charge >= 0.3 is 5.97 Å². The van der Waals surface area contributed by atoms with Crippen molar-refractivity contribution in [1.82, 2.24) is 0 Å². The van der Waals surface area contributed by atoms with Crippen LogP contribution in [-0.4, -0.2) is 30.1 Å². The maximum Gasteiger partial charge on any atom is 0.308 e. The molecule has 27 heavy (non-hydrogen) atoms. The fraction of sp³-hybridized carbons (Fsp3) is 0.913. The monoisotopic (exact) mass is 376 g/mol. The van der Waals surface area contributed by atoms with Crippen molar-refractivity contribution in [2.75, 3.05) is 7.11 Å². The number of rotatable bonds is 2. The summed E-state index contributed by atoms with van der Waals surface area (Å²) in [6.07, 6.45) is 7.57. The second kappa shape index (κ2) is 6.57.